The molecule has 0 saturated heterocycles. The molecule has 0 spiro atoms. The Kier molecular flexibility index (Phi) is 5.17. The van der Waals surface area contributed by atoms with Crippen LogP contribution >= 0.6 is 0 Å². The van der Waals surface area contributed by atoms with E-state index in [1.165, 1.54) is 13.2 Å². The molecule has 0 aliphatic carbocycles. The molecular formula is C17H19FO3. The van der Waals surface area contributed by atoms with Gasteiger partial charge in [0, 0.05) is 12.0 Å². The zero-order valence-corrected chi connectivity index (χ0v) is 12.2. The molecule has 0 aromatic heterocycles. The summed E-state index contributed by atoms with van der Waals surface area (Å²) in [6.45, 7) is 2.42. The molecule has 21 heavy (non-hydrogen) atoms. The molecule has 0 amide bonds. The van der Waals surface area contributed by atoms with Crippen molar-refractivity contribution in [1.29, 1.82) is 0 Å². The molecule has 4 heteroatoms. The standard InChI is InChI=1S/C17H19FO3/c1-3-21-16-7-5-4-6-13(16)15(19)11-12-8-9-17(20-2)14(18)10-12/h4-10,15,19H,3,11H2,1-2H3. The quantitative estimate of drug-likeness (QED) is 0.885. The minimum Gasteiger partial charge on any atom is -0.494 e. The number of rotatable bonds is 6. The number of benzene rings is 2. The van der Waals surface area contributed by atoms with Crippen LogP contribution in [0, 0.1) is 5.82 Å². The van der Waals surface area contributed by atoms with Crippen molar-refractivity contribution in [3.63, 3.8) is 0 Å². The number of ether oxygens (including phenoxy) is 2. The predicted octanol–water partition coefficient (Wildman–Crippen LogP) is 3.51. The summed E-state index contributed by atoms with van der Waals surface area (Å²) in [6, 6.07) is 12.0. The summed E-state index contributed by atoms with van der Waals surface area (Å²) in [6.07, 6.45) is -0.439. The van der Waals surface area contributed by atoms with Gasteiger partial charge in [-0.25, -0.2) is 4.39 Å². The van der Waals surface area contributed by atoms with Gasteiger partial charge in [0.1, 0.15) is 5.75 Å². The third-order valence-corrected chi connectivity index (χ3v) is 3.22. The van der Waals surface area contributed by atoms with Crippen molar-refractivity contribution in [1.82, 2.24) is 0 Å². The van der Waals surface area contributed by atoms with Gasteiger partial charge in [-0.2, -0.15) is 0 Å². The second kappa shape index (κ2) is 7.09. The Morgan fingerprint density at radius 2 is 1.90 bits per heavy atom. The van der Waals surface area contributed by atoms with E-state index in [-0.39, 0.29) is 5.75 Å². The molecule has 112 valence electrons. The highest BCUT2D eigenvalue weighted by atomic mass is 19.1. The molecule has 2 rings (SSSR count). The second-order valence-electron chi connectivity index (χ2n) is 4.66. The number of hydrogen-bond donors (Lipinski definition) is 1. The number of hydrogen-bond acceptors (Lipinski definition) is 3. The molecule has 2 aromatic rings. The average molecular weight is 290 g/mol. The fourth-order valence-corrected chi connectivity index (χ4v) is 2.21. The van der Waals surface area contributed by atoms with Gasteiger partial charge < -0.3 is 14.6 Å². The van der Waals surface area contributed by atoms with Crippen LogP contribution in [0.4, 0.5) is 4.39 Å². The first-order valence-corrected chi connectivity index (χ1v) is 6.88. The van der Waals surface area contributed by atoms with Crippen LogP contribution in [0.15, 0.2) is 42.5 Å². The van der Waals surface area contributed by atoms with E-state index in [0.29, 0.717) is 29.9 Å². The highest BCUT2D eigenvalue weighted by molar-refractivity contribution is 5.37. The lowest BCUT2D eigenvalue weighted by molar-refractivity contribution is 0.172. The van der Waals surface area contributed by atoms with E-state index < -0.39 is 11.9 Å². The highest BCUT2D eigenvalue weighted by Crippen LogP contribution is 2.28. The van der Waals surface area contributed by atoms with Crippen LogP contribution in [0.25, 0.3) is 0 Å². The maximum absolute atomic E-state index is 13.7. The molecule has 0 heterocycles. The van der Waals surface area contributed by atoms with Crippen molar-refractivity contribution in [3.05, 3.63) is 59.4 Å². The molecule has 0 fully saturated rings. The van der Waals surface area contributed by atoms with Crippen molar-refractivity contribution in [2.75, 3.05) is 13.7 Å². The minimum absolute atomic E-state index is 0.197. The molecule has 0 aliphatic rings. The first kappa shape index (κ1) is 15.3. The van der Waals surface area contributed by atoms with Crippen molar-refractivity contribution < 1.29 is 19.0 Å². The highest BCUT2D eigenvalue weighted by Gasteiger charge is 2.14. The fraction of sp³-hybridized carbons (Fsp3) is 0.294. The Morgan fingerprint density at radius 3 is 2.57 bits per heavy atom. The van der Waals surface area contributed by atoms with Gasteiger partial charge in [-0.1, -0.05) is 24.3 Å². The van der Waals surface area contributed by atoms with Crippen LogP contribution < -0.4 is 9.47 Å². The third kappa shape index (κ3) is 3.73. The Labute approximate surface area is 124 Å². The zero-order chi connectivity index (χ0) is 15.2. The van der Waals surface area contributed by atoms with Crippen molar-refractivity contribution in [3.8, 4) is 11.5 Å². The van der Waals surface area contributed by atoms with Crippen LogP contribution in [-0.4, -0.2) is 18.8 Å². The van der Waals surface area contributed by atoms with Crippen molar-refractivity contribution in [2.45, 2.75) is 19.4 Å². The molecule has 3 nitrogen and oxygen atoms in total. The molecular weight excluding hydrogens is 271 g/mol. The van der Waals surface area contributed by atoms with Crippen molar-refractivity contribution in [2.24, 2.45) is 0 Å². The van der Waals surface area contributed by atoms with Gasteiger partial charge >= 0.3 is 0 Å². The SMILES string of the molecule is CCOc1ccccc1C(O)Cc1ccc(OC)c(F)c1. The van der Waals surface area contributed by atoms with Gasteiger partial charge in [-0.3, -0.25) is 0 Å². The van der Waals surface area contributed by atoms with E-state index in [1.807, 2.05) is 31.2 Å². The molecule has 1 N–H and O–H groups in total. The van der Waals surface area contributed by atoms with E-state index in [0.717, 1.165) is 0 Å². The summed E-state index contributed by atoms with van der Waals surface area (Å²) in [5.41, 5.74) is 1.41. The molecule has 0 bridgehead atoms. The average Bonchev–Trinajstić information content (AvgIpc) is 2.48. The van der Waals surface area contributed by atoms with Gasteiger partial charge in [0.05, 0.1) is 19.8 Å². The minimum atomic E-state index is -0.749. The number of para-hydroxylation sites is 1. The van der Waals surface area contributed by atoms with Gasteiger partial charge in [0.25, 0.3) is 0 Å². The molecule has 0 saturated carbocycles. The predicted molar refractivity (Wildman–Crippen MR) is 79.2 cm³/mol. The lowest BCUT2D eigenvalue weighted by atomic mass is 10.0. The summed E-state index contributed by atoms with van der Waals surface area (Å²) in [5.74, 6) is 0.421. The number of aliphatic hydroxyl groups excluding tert-OH is 1. The lowest BCUT2D eigenvalue weighted by Gasteiger charge is -2.16. The van der Waals surface area contributed by atoms with E-state index in [4.69, 9.17) is 9.47 Å². The molecule has 2 aromatic carbocycles. The maximum Gasteiger partial charge on any atom is 0.165 e. The summed E-state index contributed by atoms with van der Waals surface area (Å²) < 4.78 is 24.1. The Balaban J connectivity index is 2.18. The monoisotopic (exact) mass is 290 g/mol. The number of halogens is 1. The van der Waals surface area contributed by atoms with E-state index in [1.54, 1.807) is 12.1 Å². The molecule has 1 unspecified atom stereocenters. The summed E-state index contributed by atoms with van der Waals surface area (Å²) in [7, 11) is 1.42. The summed E-state index contributed by atoms with van der Waals surface area (Å²) in [4.78, 5) is 0. The van der Waals surface area contributed by atoms with Gasteiger partial charge in [-0.05, 0) is 30.7 Å². The number of aliphatic hydroxyl groups is 1. The van der Waals surface area contributed by atoms with Crippen LogP contribution in [0.5, 0.6) is 11.5 Å². The topological polar surface area (TPSA) is 38.7 Å². The first-order valence-electron chi connectivity index (χ1n) is 6.88. The molecule has 0 aliphatic heterocycles. The molecule has 0 radical (unpaired) electrons. The Bertz CT molecular complexity index is 598. The maximum atomic E-state index is 13.7. The van der Waals surface area contributed by atoms with E-state index in [2.05, 4.69) is 0 Å². The van der Waals surface area contributed by atoms with E-state index >= 15 is 0 Å². The third-order valence-electron chi connectivity index (χ3n) is 3.22. The van der Waals surface area contributed by atoms with Gasteiger partial charge in [0.15, 0.2) is 11.6 Å². The zero-order valence-electron chi connectivity index (χ0n) is 12.2. The first-order chi connectivity index (χ1) is 10.2. The Morgan fingerprint density at radius 1 is 1.14 bits per heavy atom. The molecule has 1 atom stereocenters. The van der Waals surface area contributed by atoms with Crippen LogP contribution in [0.2, 0.25) is 0 Å². The van der Waals surface area contributed by atoms with Crippen molar-refractivity contribution >= 4 is 0 Å². The van der Waals surface area contributed by atoms with Crippen LogP contribution in [0.3, 0.4) is 0 Å². The lowest BCUT2D eigenvalue weighted by Crippen LogP contribution is -2.05. The van der Waals surface area contributed by atoms with Crippen LogP contribution in [-0.2, 0) is 6.42 Å². The fourth-order valence-electron chi connectivity index (χ4n) is 2.21. The van der Waals surface area contributed by atoms with E-state index in [9.17, 15) is 9.50 Å². The Hall–Kier alpha value is -2.07. The van der Waals surface area contributed by atoms with Crippen LogP contribution in [0.1, 0.15) is 24.2 Å². The summed E-state index contributed by atoms with van der Waals surface area (Å²) >= 11 is 0. The smallest absolute Gasteiger partial charge is 0.165 e. The normalized spacial score (nSPS) is 12.0. The number of methoxy groups -OCH3 is 1. The summed E-state index contributed by atoms with van der Waals surface area (Å²) in [5, 5.41) is 10.4. The van der Waals surface area contributed by atoms with Gasteiger partial charge in [0.2, 0.25) is 0 Å². The second-order valence-corrected chi connectivity index (χ2v) is 4.66. The largest absolute Gasteiger partial charge is 0.494 e. The van der Waals surface area contributed by atoms with Gasteiger partial charge in [-0.15, -0.1) is 0 Å².